The highest BCUT2D eigenvalue weighted by Gasteiger charge is 2.17. The fourth-order valence-corrected chi connectivity index (χ4v) is 2.06. The quantitative estimate of drug-likeness (QED) is 0.702. The van der Waals surface area contributed by atoms with Crippen LogP contribution < -0.4 is 0 Å². The number of ketones is 1. The summed E-state index contributed by atoms with van der Waals surface area (Å²) in [7, 11) is 0. The van der Waals surface area contributed by atoms with E-state index in [1.165, 1.54) is 11.1 Å². The van der Waals surface area contributed by atoms with Crippen molar-refractivity contribution in [3.8, 4) is 0 Å². The van der Waals surface area contributed by atoms with Gasteiger partial charge in [0, 0.05) is 12.0 Å². The summed E-state index contributed by atoms with van der Waals surface area (Å²) in [6.45, 7) is 10.6. The van der Waals surface area contributed by atoms with E-state index >= 15 is 0 Å². The Kier molecular flexibility index (Phi) is 4.50. The molecule has 0 N–H and O–H groups in total. The number of hydrogen-bond donors (Lipinski definition) is 0. The molecule has 1 rings (SSSR count). The van der Waals surface area contributed by atoms with E-state index < -0.39 is 0 Å². The Morgan fingerprint density at radius 1 is 1.06 bits per heavy atom. The van der Waals surface area contributed by atoms with Crippen LogP contribution in [-0.2, 0) is 12.8 Å². The molecule has 17 heavy (non-hydrogen) atoms. The summed E-state index contributed by atoms with van der Waals surface area (Å²) in [5, 5.41) is 0. The molecule has 1 heteroatoms. The van der Waals surface area contributed by atoms with Gasteiger partial charge in [-0.15, -0.1) is 0 Å². The van der Waals surface area contributed by atoms with Gasteiger partial charge in [-0.1, -0.05) is 46.8 Å². The summed E-state index contributed by atoms with van der Waals surface area (Å²) >= 11 is 0. The molecule has 0 saturated carbocycles. The number of Topliss-reactive ketones (excluding diaryl/α,β-unsaturated/α-hetero) is 1. The van der Waals surface area contributed by atoms with Crippen molar-refractivity contribution in [3.05, 3.63) is 34.9 Å². The minimum absolute atomic E-state index is 0.0624. The molecule has 0 aliphatic rings. The van der Waals surface area contributed by atoms with Gasteiger partial charge in [-0.3, -0.25) is 4.79 Å². The standard InChI is InChI=1S/C16H24O/c1-6-12-8-9-14(10-13(12)7-2)15(17)11-16(3,4)5/h8-10H,6-7,11H2,1-5H3. The van der Waals surface area contributed by atoms with E-state index in [2.05, 4.69) is 46.8 Å². The smallest absolute Gasteiger partial charge is 0.163 e. The number of carbonyl (C=O) groups is 1. The van der Waals surface area contributed by atoms with Crippen molar-refractivity contribution in [3.63, 3.8) is 0 Å². The lowest BCUT2D eigenvalue weighted by atomic mass is 9.87. The number of aryl methyl sites for hydroxylation is 2. The van der Waals surface area contributed by atoms with Gasteiger partial charge in [0.05, 0.1) is 0 Å². The average Bonchev–Trinajstić information content (AvgIpc) is 2.25. The summed E-state index contributed by atoms with van der Waals surface area (Å²) in [4.78, 5) is 12.1. The first-order valence-electron chi connectivity index (χ1n) is 6.52. The second-order valence-electron chi connectivity index (χ2n) is 5.85. The van der Waals surface area contributed by atoms with Gasteiger partial charge in [-0.25, -0.2) is 0 Å². The van der Waals surface area contributed by atoms with E-state index in [1.807, 2.05) is 6.07 Å². The van der Waals surface area contributed by atoms with Crippen molar-refractivity contribution in [2.45, 2.75) is 53.9 Å². The Hall–Kier alpha value is -1.11. The number of hydrogen-bond acceptors (Lipinski definition) is 1. The van der Waals surface area contributed by atoms with Crippen LogP contribution in [0.1, 0.15) is 62.5 Å². The monoisotopic (exact) mass is 232 g/mol. The van der Waals surface area contributed by atoms with E-state index in [-0.39, 0.29) is 11.2 Å². The van der Waals surface area contributed by atoms with Crippen molar-refractivity contribution >= 4 is 5.78 Å². The predicted molar refractivity (Wildman–Crippen MR) is 73.6 cm³/mol. The average molecular weight is 232 g/mol. The second-order valence-corrected chi connectivity index (χ2v) is 5.85. The van der Waals surface area contributed by atoms with Crippen molar-refractivity contribution < 1.29 is 4.79 Å². The van der Waals surface area contributed by atoms with Crippen LogP contribution in [0.25, 0.3) is 0 Å². The Labute approximate surface area is 105 Å². The molecule has 0 fully saturated rings. The van der Waals surface area contributed by atoms with Crippen LogP contribution in [0.3, 0.4) is 0 Å². The molecule has 0 amide bonds. The van der Waals surface area contributed by atoms with Crippen LogP contribution in [-0.4, -0.2) is 5.78 Å². The number of carbonyl (C=O) groups excluding carboxylic acids is 1. The molecule has 0 unspecified atom stereocenters. The zero-order chi connectivity index (χ0) is 13.1. The molecule has 0 atom stereocenters. The second kappa shape index (κ2) is 5.48. The van der Waals surface area contributed by atoms with Gasteiger partial charge in [0.25, 0.3) is 0 Å². The van der Waals surface area contributed by atoms with Crippen LogP contribution in [0.4, 0.5) is 0 Å². The van der Waals surface area contributed by atoms with E-state index in [9.17, 15) is 4.79 Å². The van der Waals surface area contributed by atoms with Crippen LogP contribution in [0.5, 0.6) is 0 Å². The first kappa shape index (κ1) is 14.0. The molecule has 0 bridgehead atoms. The maximum absolute atomic E-state index is 12.1. The lowest BCUT2D eigenvalue weighted by Gasteiger charge is -2.17. The van der Waals surface area contributed by atoms with Crippen molar-refractivity contribution in [1.29, 1.82) is 0 Å². The third-order valence-electron chi connectivity index (χ3n) is 2.98. The number of benzene rings is 1. The highest BCUT2D eigenvalue weighted by atomic mass is 16.1. The highest BCUT2D eigenvalue weighted by Crippen LogP contribution is 2.23. The van der Waals surface area contributed by atoms with Crippen molar-refractivity contribution in [2.24, 2.45) is 5.41 Å². The Morgan fingerprint density at radius 2 is 1.65 bits per heavy atom. The Bertz CT molecular complexity index is 396. The topological polar surface area (TPSA) is 17.1 Å². The molecule has 1 aromatic carbocycles. The summed E-state index contributed by atoms with van der Waals surface area (Å²) in [5.74, 6) is 0.259. The molecule has 94 valence electrons. The van der Waals surface area contributed by atoms with E-state index in [1.54, 1.807) is 0 Å². The van der Waals surface area contributed by atoms with Crippen molar-refractivity contribution in [2.75, 3.05) is 0 Å². The lowest BCUT2D eigenvalue weighted by molar-refractivity contribution is 0.0940. The molecule has 0 aliphatic heterocycles. The number of rotatable bonds is 4. The predicted octanol–water partition coefficient (Wildman–Crippen LogP) is 4.43. The van der Waals surface area contributed by atoms with Gasteiger partial charge in [-0.05, 0) is 35.4 Å². The molecule has 0 radical (unpaired) electrons. The largest absolute Gasteiger partial charge is 0.294 e. The molecular weight excluding hydrogens is 208 g/mol. The summed E-state index contributed by atoms with van der Waals surface area (Å²) in [6, 6.07) is 6.16. The molecular formula is C16H24O. The van der Waals surface area contributed by atoms with Crippen LogP contribution >= 0.6 is 0 Å². The maximum Gasteiger partial charge on any atom is 0.163 e. The summed E-state index contributed by atoms with van der Waals surface area (Å²) < 4.78 is 0. The van der Waals surface area contributed by atoms with E-state index in [4.69, 9.17) is 0 Å². The summed E-state index contributed by atoms with van der Waals surface area (Å²) in [6.07, 6.45) is 2.65. The van der Waals surface area contributed by atoms with Gasteiger partial charge < -0.3 is 0 Å². The first-order valence-corrected chi connectivity index (χ1v) is 6.52. The van der Waals surface area contributed by atoms with Gasteiger partial charge in [0.2, 0.25) is 0 Å². The molecule has 1 nitrogen and oxygen atoms in total. The SMILES string of the molecule is CCc1ccc(C(=O)CC(C)(C)C)cc1CC. The maximum atomic E-state index is 12.1. The first-order chi connectivity index (χ1) is 7.87. The minimum Gasteiger partial charge on any atom is -0.294 e. The van der Waals surface area contributed by atoms with Crippen LogP contribution in [0, 0.1) is 5.41 Å². The van der Waals surface area contributed by atoms with E-state index in [0.717, 1.165) is 18.4 Å². The molecule has 0 saturated heterocycles. The van der Waals surface area contributed by atoms with Gasteiger partial charge >= 0.3 is 0 Å². The van der Waals surface area contributed by atoms with Gasteiger partial charge in [0.15, 0.2) is 5.78 Å². The van der Waals surface area contributed by atoms with Gasteiger partial charge in [-0.2, -0.15) is 0 Å². The molecule has 0 spiro atoms. The molecule has 0 aliphatic carbocycles. The third-order valence-corrected chi connectivity index (χ3v) is 2.98. The Balaban J connectivity index is 2.96. The van der Waals surface area contributed by atoms with Crippen LogP contribution in [0.2, 0.25) is 0 Å². The third kappa shape index (κ3) is 3.99. The molecule has 0 heterocycles. The highest BCUT2D eigenvalue weighted by molar-refractivity contribution is 5.96. The normalized spacial score (nSPS) is 11.6. The summed E-state index contributed by atoms with van der Waals surface area (Å²) in [5.41, 5.74) is 3.61. The Morgan fingerprint density at radius 3 is 2.12 bits per heavy atom. The zero-order valence-electron chi connectivity index (χ0n) is 11.8. The lowest BCUT2D eigenvalue weighted by Crippen LogP contribution is -2.13. The van der Waals surface area contributed by atoms with Crippen molar-refractivity contribution in [1.82, 2.24) is 0 Å². The fourth-order valence-electron chi connectivity index (χ4n) is 2.06. The zero-order valence-corrected chi connectivity index (χ0v) is 11.8. The van der Waals surface area contributed by atoms with Gasteiger partial charge in [0.1, 0.15) is 0 Å². The fraction of sp³-hybridized carbons (Fsp3) is 0.562. The minimum atomic E-state index is 0.0624. The van der Waals surface area contributed by atoms with E-state index in [0.29, 0.717) is 6.42 Å². The van der Waals surface area contributed by atoms with Crippen LogP contribution in [0.15, 0.2) is 18.2 Å². The molecule has 1 aromatic rings. The molecule has 0 aromatic heterocycles.